The second-order valence-corrected chi connectivity index (χ2v) is 7.28. The summed E-state index contributed by atoms with van der Waals surface area (Å²) in [6.07, 6.45) is -1.46. The zero-order valence-corrected chi connectivity index (χ0v) is 16.2. The summed E-state index contributed by atoms with van der Waals surface area (Å²) >= 11 is 0. The average Bonchev–Trinajstić information content (AvgIpc) is 3.09. The summed E-state index contributed by atoms with van der Waals surface area (Å²) in [5.41, 5.74) is 1.83. The highest BCUT2D eigenvalue weighted by Gasteiger charge is 2.35. The summed E-state index contributed by atoms with van der Waals surface area (Å²) in [7, 11) is 1.62. The van der Waals surface area contributed by atoms with Crippen molar-refractivity contribution < 1.29 is 17.9 Å². The lowest BCUT2D eigenvalue weighted by Gasteiger charge is -2.31. The molecule has 3 aromatic rings. The molecule has 1 atom stereocenters. The summed E-state index contributed by atoms with van der Waals surface area (Å²) in [4.78, 5) is 2.14. The highest BCUT2D eigenvalue weighted by molar-refractivity contribution is 5.36. The Morgan fingerprint density at radius 1 is 1.00 bits per heavy atom. The van der Waals surface area contributed by atoms with E-state index in [-0.39, 0.29) is 12.6 Å². The minimum Gasteiger partial charge on any atom is -0.497 e. The number of rotatable bonds is 4. The Kier molecular flexibility index (Phi) is 5.37. The van der Waals surface area contributed by atoms with E-state index in [0.29, 0.717) is 12.1 Å². The maximum Gasteiger partial charge on any atom is 0.416 e. The summed E-state index contributed by atoms with van der Waals surface area (Å²) < 4.78 is 48.2. The van der Waals surface area contributed by atoms with E-state index in [4.69, 9.17) is 4.74 Å². The molecule has 29 heavy (non-hydrogen) atoms. The largest absolute Gasteiger partial charge is 0.497 e. The van der Waals surface area contributed by atoms with Crippen LogP contribution < -0.4 is 4.74 Å². The smallest absolute Gasteiger partial charge is 0.416 e. The van der Waals surface area contributed by atoms with Gasteiger partial charge in [-0.1, -0.05) is 30.3 Å². The van der Waals surface area contributed by atoms with E-state index in [9.17, 15) is 13.2 Å². The van der Waals surface area contributed by atoms with Crippen molar-refractivity contribution in [2.45, 2.75) is 31.7 Å². The van der Waals surface area contributed by atoms with Crippen molar-refractivity contribution in [2.75, 3.05) is 13.7 Å². The standard InChI is InChI=1S/C23H23F3N2O/c1-29-19-9-4-8-17(15-19)22-21-11-5-12-27(21)13-6-14-28(22)16-18-7-2-3-10-20(18)23(24,25)26/h2-5,7-12,15,22H,6,13-14,16H2,1H3/t22-/m1/s1. The van der Waals surface area contributed by atoms with Crippen LogP contribution >= 0.6 is 0 Å². The normalized spacial score (nSPS) is 17.6. The van der Waals surface area contributed by atoms with Crippen LogP contribution in [0.15, 0.2) is 66.9 Å². The molecule has 152 valence electrons. The number of fused-ring (bicyclic) bond motifs is 1. The Hall–Kier alpha value is -2.73. The van der Waals surface area contributed by atoms with Crippen LogP contribution in [0, 0.1) is 0 Å². The van der Waals surface area contributed by atoms with Gasteiger partial charge in [-0.3, -0.25) is 4.90 Å². The molecule has 3 nitrogen and oxygen atoms in total. The second kappa shape index (κ2) is 7.95. The van der Waals surface area contributed by atoms with Crippen LogP contribution in [0.2, 0.25) is 0 Å². The number of methoxy groups -OCH3 is 1. The minimum absolute atomic E-state index is 0.149. The molecule has 6 heteroatoms. The second-order valence-electron chi connectivity index (χ2n) is 7.28. The number of ether oxygens (including phenoxy) is 1. The van der Waals surface area contributed by atoms with Crippen molar-refractivity contribution in [3.05, 3.63) is 89.2 Å². The minimum atomic E-state index is -4.37. The predicted octanol–water partition coefficient (Wildman–Crippen LogP) is 5.51. The maximum atomic E-state index is 13.6. The van der Waals surface area contributed by atoms with E-state index >= 15 is 0 Å². The summed E-state index contributed by atoms with van der Waals surface area (Å²) in [6, 6.07) is 17.5. The van der Waals surface area contributed by atoms with Gasteiger partial charge in [-0.05, 0) is 47.9 Å². The van der Waals surface area contributed by atoms with Gasteiger partial charge < -0.3 is 9.30 Å². The Bertz CT molecular complexity index is 980. The first-order valence-corrected chi connectivity index (χ1v) is 9.65. The van der Waals surface area contributed by atoms with Crippen LogP contribution in [0.25, 0.3) is 0 Å². The SMILES string of the molecule is COc1cccc([C@@H]2c3cccn3CCCN2Cc2ccccc2C(F)(F)F)c1. The van der Waals surface area contributed by atoms with Crippen LogP contribution in [-0.4, -0.2) is 23.1 Å². The van der Waals surface area contributed by atoms with Gasteiger partial charge in [0, 0.05) is 31.5 Å². The number of halogens is 3. The Labute approximate surface area is 168 Å². The maximum absolute atomic E-state index is 13.6. The summed E-state index contributed by atoms with van der Waals surface area (Å²) in [5.74, 6) is 0.737. The Balaban J connectivity index is 1.77. The fourth-order valence-corrected chi connectivity index (χ4v) is 4.16. The highest BCUT2D eigenvalue weighted by atomic mass is 19.4. The van der Waals surface area contributed by atoms with Gasteiger partial charge in [0.05, 0.1) is 18.7 Å². The van der Waals surface area contributed by atoms with Crippen molar-refractivity contribution in [1.82, 2.24) is 9.47 Å². The Morgan fingerprint density at radius 2 is 1.83 bits per heavy atom. The molecular formula is C23H23F3N2O. The fourth-order valence-electron chi connectivity index (χ4n) is 4.16. The van der Waals surface area contributed by atoms with Crippen LogP contribution in [-0.2, 0) is 19.3 Å². The number of benzene rings is 2. The summed E-state index contributed by atoms with van der Waals surface area (Å²) in [6.45, 7) is 1.78. The van der Waals surface area contributed by atoms with Crippen LogP contribution in [0.1, 0.15) is 34.8 Å². The van der Waals surface area contributed by atoms with Gasteiger partial charge in [0.1, 0.15) is 5.75 Å². The number of aromatic nitrogens is 1. The predicted molar refractivity (Wildman–Crippen MR) is 106 cm³/mol. The molecule has 1 aliphatic rings. The van der Waals surface area contributed by atoms with E-state index in [2.05, 4.69) is 15.5 Å². The van der Waals surface area contributed by atoms with Gasteiger partial charge in [-0.25, -0.2) is 0 Å². The van der Waals surface area contributed by atoms with Crippen molar-refractivity contribution >= 4 is 0 Å². The van der Waals surface area contributed by atoms with Gasteiger partial charge in [0.15, 0.2) is 0 Å². The molecule has 0 N–H and O–H groups in total. The third kappa shape index (κ3) is 4.03. The van der Waals surface area contributed by atoms with Crippen molar-refractivity contribution in [3.63, 3.8) is 0 Å². The van der Waals surface area contributed by atoms with Gasteiger partial charge in [-0.15, -0.1) is 0 Å². The zero-order valence-electron chi connectivity index (χ0n) is 16.2. The number of hydrogen-bond donors (Lipinski definition) is 0. The van der Waals surface area contributed by atoms with Gasteiger partial charge >= 0.3 is 6.18 Å². The fraction of sp³-hybridized carbons (Fsp3) is 0.304. The van der Waals surface area contributed by atoms with Gasteiger partial charge in [-0.2, -0.15) is 13.2 Å². The molecule has 0 saturated carbocycles. The molecule has 1 aromatic heterocycles. The molecule has 0 radical (unpaired) electrons. The highest BCUT2D eigenvalue weighted by Crippen LogP contribution is 2.37. The van der Waals surface area contributed by atoms with E-state index in [1.54, 1.807) is 19.2 Å². The van der Waals surface area contributed by atoms with Gasteiger partial charge in [0.2, 0.25) is 0 Å². The molecule has 0 amide bonds. The summed E-state index contributed by atoms with van der Waals surface area (Å²) in [5, 5.41) is 0. The lowest BCUT2D eigenvalue weighted by Crippen LogP contribution is -2.30. The van der Waals surface area contributed by atoms with Crippen molar-refractivity contribution in [3.8, 4) is 5.75 Å². The molecular weight excluding hydrogens is 377 g/mol. The van der Waals surface area contributed by atoms with E-state index in [0.717, 1.165) is 36.0 Å². The molecule has 2 aromatic carbocycles. The van der Waals surface area contributed by atoms with E-state index in [1.165, 1.54) is 6.07 Å². The Morgan fingerprint density at radius 3 is 2.62 bits per heavy atom. The van der Waals surface area contributed by atoms with Crippen LogP contribution in [0.4, 0.5) is 13.2 Å². The third-order valence-electron chi connectivity index (χ3n) is 5.46. The number of hydrogen-bond acceptors (Lipinski definition) is 2. The average molecular weight is 400 g/mol. The monoisotopic (exact) mass is 400 g/mol. The zero-order chi connectivity index (χ0) is 20.4. The molecule has 0 spiro atoms. The lowest BCUT2D eigenvalue weighted by molar-refractivity contribution is -0.138. The first kappa shape index (κ1) is 19.6. The first-order chi connectivity index (χ1) is 14.0. The topological polar surface area (TPSA) is 17.4 Å². The van der Waals surface area contributed by atoms with Crippen LogP contribution in [0.5, 0.6) is 5.75 Å². The molecule has 4 rings (SSSR count). The molecule has 0 bridgehead atoms. The third-order valence-corrected chi connectivity index (χ3v) is 5.46. The van der Waals surface area contributed by atoms with Crippen molar-refractivity contribution in [1.29, 1.82) is 0 Å². The molecule has 1 aliphatic heterocycles. The first-order valence-electron chi connectivity index (χ1n) is 9.65. The molecule has 0 fully saturated rings. The van der Waals surface area contributed by atoms with E-state index in [1.807, 2.05) is 36.5 Å². The quantitative estimate of drug-likeness (QED) is 0.575. The number of nitrogens with zero attached hydrogens (tertiary/aromatic N) is 2. The molecule has 0 unspecified atom stereocenters. The number of aryl methyl sites for hydroxylation is 1. The van der Waals surface area contributed by atoms with Gasteiger partial charge in [0.25, 0.3) is 0 Å². The van der Waals surface area contributed by atoms with Crippen molar-refractivity contribution in [2.24, 2.45) is 0 Å². The lowest BCUT2D eigenvalue weighted by atomic mass is 9.99. The molecule has 0 saturated heterocycles. The van der Waals surface area contributed by atoms with Crippen LogP contribution in [0.3, 0.4) is 0 Å². The number of alkyl halides is 3. The molecule has 2 heterocycles. The molecule has 0 aliphatic carbocycles. The van der Waals surface area contributed by atoms with E-state index < -0.39 is 11.7 Å².